The Morgan fingerprint density at radius 2 is 1.88 bits per heavy atom. The Bertz CT molecular complexity index is 790. The zero-order valence-corrected chi connectivity index (χ0v) is 15.0. The van der Waals surface area contributed by atoms with E-state index in [4.69, 9.17) is 26.1 Å². The maximum absolute atomic E-state index is 12.2. The molecule has 2 aromatic carbocycles. The van der Waals surface area contributed by atoms with E-state index < -0.39 is 7.82 Å². The van der Waals surface area contributed by atoms with Crippen molar-refractivity contribution in [1.82, 2.24) is 5.32 Å². The summed E-state index contributed by atoms with van der Waals surface area (Å²) >= 11 is 5.91. The molecule has 2 rings (SSSR count). The molecule has 3 N–H and O–H groups in total. The van der Waals surface area contributed by atoms with Crippen LogP contribution >= 0.6 is 19.4 Å². The molecule has 0 aliphatic carbocycles. The highest BCUT2D eigenvalue weighted by atomic mass is 35.5. The zero-order valence-electron chi connectivity index (χ0n) is 13.3. The summed E-state index contributed by atoms with van der Waals surface area (Å²) in [5.41, 5.74) is 1.22. The Hall–Kier alpha value is -2.05. The van der Waals surface area contributed by atoms with Crippen LogP contribution in [0, 0.1) is 0 Å². The van der Waals surface area contributed by atoms with Crippen molar-refractivity contribution >= 4 is 25.3 Å². The molecule has 0 aliphatic heterocycles. The van der Waals surface area contributed by atoms with E-state index in [1.54, 1.807) is 24.3 Å². The van der Waals surface area contributed by atoms with Crippen molar-refractivity contribution in [1.29, 1.82) is 0 Å². The lowest BCUT2D eigenvalue weighted by Gasteiger charge is -2.10. The lowest BCUT2D eigenvalue weighted by Crippen LogP contribution is -2.26. The van der Waals surface area contributed by atoms with Crippen molar-refractivity contribution in [2.75, 3.05) is 13.7 Å². The molecule has 0 radical (unpaired) electrons. The van der Waals surface area contributed by atoms with E-state index in [-0.39, 0.29) is 11.7 Å². The molecule has 25 heavy (non-hydrogen) atoms. The fourth-order valence-electron chi connectivity index (χ4n) is 2.13. The first kappa shape index (κ1) is 19.3. The minimum absolute atomic E-state index is 0.0739. The van der Waals surface area contributed by atoms with Crippen molar-refractivity contribution in [2.24, 2.45) is 0 Å². The minimum atomic E-state index is -4.56. The van der Waals surface area contributed by atoms with Crippen LogP contribution in [-0.2, 0) is 11.0 Å². The molecule has 0 unspecified atom stereocenters. The van der Waals surface area contributed by atoms with Gasteiger partial charge in [0.2, 0.25) is 0 Å². The van der Waals surface area contributed by atoms with Crippen LogP contribution in [0.15, 0.2) is 42.5 Å². The first-order chi connectivity index (χ1) is 11.8. The van der Waals surface area contributed by atoms with E-state index in [2.05, 4.69) is 9.84 Å². The smallest absolute Gasteiger partial charge is 0.496 e. The number of carbonyl (C=O) groups excluding carboxylic acids is 1. The van der Waals surface area contributed by atoms with Crippen molar-refractivity contribution in [3.63, 3.8) is 0 Å². The number of methoxy groups -OCH3 is 1. The van der Waals surface area contributed by atoms with Crippen molar-refractivity contribution < 1.29 is 28.4 Å². The minimum Gasteiger partial charge on any atom is -0.496 e. The number of phosphoric ester groups is 1. The zero-order chi connectivity index (χ0) is 18.4. The number of amides is 1. The summed E-state index contributed by atoms with van der Waals surface area (Å²) < 4.78 is 20.4. The van der Waals surface area contributed by atoms with Gasteiger partial charge >= 0.3 is 7.82 Å². The first-order valence-electron chi connectivity index (χ1n) is 7.24. The molecule has 0 aliphatic rings. The largest absolute Gasteiger partial charge is 0.524 e. The molecule has 0 saturated heterocycles. The van der Waals surface area contributed by atoms with Crippen LogP contribution in [0.5, 0.6) is 11.5 Å². The third-order valence-corrected chi connectivity index (χ3v) is 3.94. The quantitative estimate of drug-likeness (QED) is 0.633. The van der Waals surface area contributed by atoms with Crippen molar-refractivity contribution in [2.45, 2.75) is 6.42 Å². The number of nitrogens with one attached hydrogen (secondary N) is 1. The highest BCUT2D eigenvalue weighted by Gasteiger charge is 2.15. The van der Waals surface area contributed by atoms with E-state index in [1.807, 2.05) is 0 Å². The maximum atomic E-state index is 12.2. The standard InChI is InChI=1S/C16H17ClNO6P/c1-23-15-7-4-12(17)10-14(15)16(19)18-9-8-11-2-5-13(6-3-11)24-25(20,21)22/h2-7,10H,8-9H2,1H3,(H,18,19)(H2,20,21,22). The fraction of sp³-hybridized carbons (Fsp3) is 0.188. The van der Waals surface area contributed by atoms with Crippen LogP contribution in [-0.4, -0.2) is 29.3 Å². The Kier molecular flexibility index (Phi) is 6.45. The molecule has 0 spiro atoms. The fourth-order valence-corrected chi connectivity index (χ4v) is 2.70. The monoisotopic (exact) mass is 385 g/mol. The van der Waals surface area contributed by atoms with Gasteiger partial charge in [0, 0.05) is 11.6 Å². The third kappa shape index (κ3) is 6.07. The number of hydrogen-bond acceptors (Lipinski definition) is 4. The molecule has 0 saturated carbocycles. The number of carbonyl (C=O) groups is 1. The van der Waals surface area contributed by atoms with E-state index in [1.165, 1.54) is 25.3 Å². The molecule has 2 aromatic rings. The Morgan fingerprint density at radius 1 is 1.20 bits per heavy atom. The molecule has 0 bridgehead atoms. The van der Waals surface area contributed by atoms with Crippen LogP contribution in [0.1, 0.15) is 15.9 Å². The molecule has 0 aromatic heterocycles. The summed E-state index contributed by atoms with van der Waals surface area (Å²) in [6.07, 6.45) is 0.533. The van der Waals surface area contributed by atoms with Gasteiger partial charge in [-0.25, -0.2) is 4.57 Å². The average Bonchev–Trinajstić information content (AvgIpc) is 2.55. The van der Waals surface area contributed by atoms with Crippen LogP contribution in [0.3, 0.4) is 0 Å². The lowest BCUT2D eigenvalue weighted by molar-refractivity contribution is 0.0951. The summed E-state index contributed by atoms with van der Waals surface area (Å²) in [5.74, 6) is 0.200. The van der Waals surface area contributed by atoms with Gasteiger partial charge in [0.05, 0.1) is 12.7 Å². The maximum Gasteiger partial charge on any atom is 0.524 e. The summed E-state index contributed by atoms with van der Waals surface area (Å²) in [6, 6.07) is 11.0. The van der Waals surface area contributed by atoms with Gasteiger partial charge in [0.1, 0.15) is 11.5 Å². The van der Waals surface area contributed by atoms with Crippen molar-refractivity contribution in [3.05, 3.63) is 58.6 Å². The predicted octanol–water partition coefficient (Wildman–Crippen LogP) is 2.79. The third-order valence-electron chi connectivity index (χ3n) is 3.25. The van der Waals surface area contributed by atoms with E-state index in [0.29, 0.717) is 29.3 Å². The van der Waals surface area contributed by atoms with Crippen molar-refractivity contribution in [3.8, 4) is 11.5 Å². The van der Waals surface area contributed by atoms with Crippen LogP contribution in [0.4, 0.5) is 0 Å². The Balaban J connectivity index is 1.91. The summed E-state index contributed by atoms with van der Waals surface area (Å²) in [7, 11) is -3.09. The second kappa shape index (κ2) is 8.36. The number of halogens is 1. The van der Waals surface area contributed by atoms with Crippen LogP contribution < -0.4 is 14.6 Å². The van der Waals surface area contributed by atoms with Gasteiger partial charge in [-0.2, -0.15) is 0 Å². The van der Waals surface area contributed by atoms with Crippen LogP contribution in [0.2, 0.25) is 5.02 Å². The molecular formula is C16H17ClNO6P. The van der Waals surface area contributed by atoms with E-state index in [9.17, 15) is 9.36 Å². The van der Waals surface area contributed by atoms with Crippen LogP contribution in [0.25, 0.3) is 0 Å². The topological polar surface area (TPSA) is 105 Å². The molecular weight excluding hydrogens is 369 g/mol. The lowest BCUT2D eigenvalue weighted by atomic mass is 10.1. The molecule has 0 atom stereocenters. The van der Waals surface area contributed by atoms with Gasteiger partial charge in [-0.1, -0.05) is 23.7 Å². The summed E-state index contributed by atoms with van der Waals surface area (Å²) in [4.78, 5) is 29.7. The molecule has 0 fully saturated rings. The highest BCUT2D eigenvalue weighted by Crippen LogP contribution is 2.37. The average molecular weight is 386 g/mol. The predicted molar refractivity (Wildman–Crippen MR) is 93.2 cm³/mol. The van der Waals surface area contributed by atoms with E-state index >= 15 is 0 Å². The van der Waals surface area contributed by atoms with Gasteiger partial charge in [0.15, 0.2) is 0 Å². The first-order valence-corrected chi connectivity index (χ1v) is 9.15. The van der Waals surface area contributed by atoms with Gasteiger partial charge in [-0.3, -0.25) is 14.6 Å². The highest BCUT2D eigenvalue weighted by molar-refractivity contribution is 7.46. The van der Waals surface area contributed by atoms with Gasteiger partial charge < -0.3 is 14.6 Å². The van der Waals surface area contributed by atoms with E-state index in [0.717, 1.165) is 5.56 Å². The number of ether oxygens (including phenoxy) is 1. The molecule has 0 heterocycles. The molecule has 7 nitrogen and oxygen atoms in total. The number of hydrogen-bond donors (Lipinski definition) is 3. The Labute approximate surface area is 149 Å². The summed E-state index contributed by atoms with van der Waals surface area (Å²) in [5, 5.41) is 3.21. The molecule has 9 heteroatoms. The number of phosphoric acid groups is 1. The molecule has 134 valence electrons. The Morgan fingerprint density at radius 3 is 2.48 bits per heavy atom. The summed E-state index contributed by atoms with van der Waals surface area (Å²) in [6.45, 7) is 0.368. The van der Waals surface area contributed by atoms with Gasteiger partial charge in [0.25, 0.3) is 5.91 Å². The second-order valence-electron chi connectivity index (χ2n) is 5.08. The SMILES string of the molecule is COc1ccc(Cl)cc1C(=O)NCCc1ccc(OP(=O)(O)O)cc1. The molecule has 1 amide bonds. The number of benzene rings is 2. The number of rotatable bonds is 7. The van der Waals surface area contributed by atoms with Gasteiger partial charge in [-0.05, 0) is 42.3 Å². The second-order valence-corrected chi connectivity index (χ2v) is 6.68. The van der Waals surface area contributed by atoms with Gasteiger partial charge in [-0.15, -0.1) is 0 Å². The normalized spacial score (nSPS) is 11.0.